The molecule has 1 N–H and O–H groups in total. The SMILES string of the molecule is [C-]#[N+]C1CC(CO)OC1=O. The van der Waals surface area contributed by atoms with Gasteiger partial charge in [0.05, 0.1) is 13.0 Å². The van der Waals surface area contributed by atoms with Gasteiger partial charge in [-0.1, -0.05) is 0 Å². The molecule has 4 nitrogen and oxygen atoms in total. The van der Waals surface area contributed by atoms with Gasteiger partial charge in [0, 0.05) is 0 Å². The maximum absolute atomic E-state index is 10.6. The summed E-state index contributed by atoms with van der Waals surface area (Å²) in [6, 6.07) is -0.683. The minimum atomic E-state index is -0.683. The molecule has 0 amide bonds. The highest BCUT2D eigenvalue weighted by Gasteiger charge is 2.38. The van der Waals surface area contributed by atoms with Crippen LogP contribution in [0.15, 0.2) is 0 Å². The number of nitrogens with zero attached hydrogens (tertiary/aromatic N) is 1. The fraction of sp³-hybridized carbons (Fsp3) is 0.667. The Morgan fingerprint density at radius 3 is 2.90 bits per heavy atom. The van der Waals surface area contributed by atoms with Crippen LogP contribution >= 0.6 is 0 Å². The van der Waals surface area contributed by atoms with E-state index in [0.717, 1.165) is 0 Å². The summed E-state index contributed by atoms with van der Waals surface area (Å²) >= 11 is 0. The zero-order valence-corrected chi connectivity index (χ0v) is 5.28. The van der Waals surface area contributed by atoms with Crippen LogP contribution < -0.4 is 0 Å². The van der Waals surface area contributed by atoms with Crippen LogP contribution in [0.25, 0.3) is 4.85 Å². The molecule has 1 rings (SSSR count). The molecule has 2 unspecified atom stereocenters. The summed E-state index contributed by atoms with van der Waals surface area (Å²) in [6.45, 7) is 6.36. The van der Waals surface area contributed by atoms with Gasteiger partial charge >= 0.3 is 12.0 Å². The molecule has 2 atom stereocenters. The third-order valence-electron chi connectivity index (χ3n) is 1.40. The van der Waals surface area contributed by atoms with E-state index in [0.29, 0.717) is 6.42 Å². The highest BCUT2D eigenvalue weighted by molar-refractivity contribution is 5.79. The number of hydrogen-bond acceptors (Lipinski definition) is 3. The molecule has 0 aromatic carbocycles. The summed E-state index contributed by atoms with van der Waals surface area (Å²) in [5, 5.41) is 8.52. The van der Waals surface area contributed by atoms with Crippen LogP contribution in [0.5, 0.6) is 0 Å². The summed E-state index contributed by atoms with van der Waals surface area (Å²) in [5.41, 5.74) is 0. The first kappa shape index (κ1) is 7.03. The Hall–Kier alpha value is -1.08. The molecule has 0 spiro atoms. The molecule has 1 heterocycles. The molecule has 4 heteroatoms. The molecule has 0 aromatic rings. The summed E-state index contributed by atoms with van der Waals surface area (Å²) in [4.78, 5) is 13.7. The van der Waals surface area contributed by atoms with E-state index in [-0.39, 0.29) is 6.61 Å². The second kappa shape index (κ2) is 2.67. The van der Waals surface area contributed by atoms with Gasteiger partial charge in [0.25, 0.3) is 0 Å². The second-order valence-corrected chi connectivity index (χ2v) is 2.12. The predicted molar refractivity (Wildman–Crippen MR) is 32.0 cm³/mol. The number of hydrogen-bond donors (Lipinski definition) is 1. The molecule has 0 radical (unpaired) electrons. The first-order chi connectivity index (χ1) is 4.77. The minimum Gasteiger partial charge on any atom is -0.454 e. The number of cyclic esters (lactones) is 1. The Bertz CT molecular complexity index is 184. The standard InChI is InChI=1S/C6H7NO3/c1-7-5-2-4(3-8)10-6(5)9/h4-5,8H,2-3H2. The lowest BCUT2D eigenvalue weighted by Crippen LogP contribution is -2.10. The van der Waals surface area contributed by atoms with Crippen molar-refractivity contribution in [2.45, 2.75) is 18.6 Å². The number of carbonyl (C=O) groups is 1. The number of aliphatic hydroxyl groups excluding tert-OH is 1. The van der Waals surface area contributed by atoms with Crippen molar-refractivity contribution in [2.75, 3.05) is 6.61 Å². The van der Waals surface area contributed by atoms with E-state index in [9.17, 15) is 4.79 Å². The van der Waals surface area contributed by atoms with Crippen LogP contribution in [0.1, 0.15) is 6.42 Å². The molecule has 1 aliphatic rings. The molecule has 0 bridgehead atoms. The summed E-state index contributed by atoms with van der Waals surface area (Å²) in [6.07, 6.45) is -0.120. The third-order valence-corrected chi connectivity index (χ3v) is 1.40. The van der Waals surface area contributed by atoms with Crippen LogP contribution in [0.3, 0.4) is 0 Å². The highest BCUT2D eigenvalue weighted by Crippen LogP contribution is 2.16. The van der Waals surface area contributed by atoms with Crippen molar-refractivity contribution in [1.82, 2.24) is 0 Å². The highest BCUT2D eigenvalue weighted by atomic mass is 16.6. The van der Waals surface area contributed by atoms with E-state index in [1.54, 1.807) is 0 Å². The van der Waals surface area contributed by atoms with Crippen molar-refractivity contribution in [3.63, 3.8) is 0 Å². The van der Waals surface area contributed by atoms with E-state index >= 15 is 0 Å². The zero-order valence-electron chi connectivity index (χ0n) is 5.28. The van der Waals surface area contributed by atoms with Gasteiger partial charge in [-0.05, 0) is 0 Å². The van der Waals surface area contributed by atoms with Crippen molar-refractivity contribution in [3.8, 4) is 0 Å². The topological polar surface area (TPSA) is 50.9 Å². The van der Waals surface area contributed by atoms with Crippen molar-refractivity contribution < 1.29 is 14.6 Å². The van der Waals surface area contributed by atoms with Crippen molar-refractivity contribution in [2.24, 2.45) is 0 Å². The molecule has 1 saturated heterocycles. The third kappa shape index (κ3) is 1.09. The predicted octanol–water partition coefficient (Wildman–Crippen LogP) is -0.418. The van der Waals surface area contributed by atoms with Crippen LogP contribution in [0, 0.1) is 6.57 Å². The summed E-state index contributed by atoms with van der Waals surface area (Å²) in [5.74, 6) is -0.506. The van der Waals surface area contributed by atoms with Gasteiger partial charge in [-0.25, -0.2) is 11.4 Å². The summed E-state index contributed by atoms with van der Waals surface area (Å²) in [7, 11) is 0. The van der Waals surface area contributed by atoms with Crippen LogP contribution in [-0.2, 0) is 9.53 Å². The quantitative estimate of drug-likeness (QED) is 0.398. The van der Waals surface area contributed by atoms with Gasteiger partial charge in [0.1, 0.15) is 6.10 Å². The molecular formula is C6H7NO3. The number of aliphatic hydroxyl groups is 1. The summed E-state index contributed by atoms with van der Waals surface area (Å²) < 4.78 is 4.61. The fourth-order valence-corrected chi connectivity index (χ4v) is 0.853. The van der Waals surface area contributed by atoms with E-state index in [1.165, 1.54) is 0 Å². The average molecular weight is 141 g/mol. The Labute approximate surface area is 58.2 Å². The number of rotatable bonds is 1. The fourth-order valence-electron chi connectivity index (χ4n) is 0.853. The van der Waals surface area contributed by atoms with Crippen LogP contribution in [0.4, 0.5) is 0 Å². The first-order valence-corrected chi connectivity index (χ1v) is 2.96. The maximum Gasteiger partial charge on any atom is 0.390 e. The molecule has 1 fully saturated rings. The lowest BCUT2D eigenvalue weighted by molar-refractivity contribution is -0.142. The molecule has 10 heavy (non-hydrogen) atoms. The Morgan fingerprint density at radius 1 is 1.90 bits per heavy atom. The van der Waals surface area contributed by atoms with E-state index in [1.807, 2.05) is 0 Å². The van der Waals surface area contributed by atoms with E-state index < -0.39 is 18.1 Å². The van der Waals surface area contributed by atoms with Gasteiger partial charge in [0.15, 0.2) is 0 Å². The smallest absolute Gasteiger partial charge is 0.390 e. The van der Waals surface area contributed by atoms with Crippen molar-refractivity contribution >= 4 is 5.97 Å². The second-order valence-electron chi connectivity index (χ2n) is 2.12. The van der Waals surface area contributed by atoms with E-state index in [4.69, 9.17) is 11.7 Å². The molecule has 0 aromatic heterocycles. The normalized spacial score (nSPS) is 31.4. The molecule has 1 aliphatic heterocycles. The first-order valence-electron chi connectivity index (χ1n) is 2.96. The van der Waals surface area contributed by atoms with Gasteiger partial charge < -0.3 is 14.7 Å². The number of carbonyl (C=O) groups excluding carboxylic acids is 1. The zero-order chi connectivity index (χ0) is 7.56. The van der Waals surface area contributed by atoms with Gasteiger partial charge in [-0.2, -0.15) is 0 Å². The lowest BCUT2D eigenvalue weighted by Gasteiger charge is -1.99. The number of ether oxygens (including phenoxy) is 1. The Kier molecular flexibility index (Phi) is 1.88. The average Bonchev–Trinajstić information content (AvgIpc) is 2.30. The van der Waals surface area contributed by atoms with Gasteiger partial charge in [-0.3, -0.25) is 0 Å². The Balaban J connectivity index is 2.54. The van der Waals surface area contributed by atoms with Crippen LogP contribution in [0.2, 0.25) is 0 Å². The van der Waals surface area contributed by atoms with Crippen molar-refractivity contribution in [3.05, 3.63) is 11.4 Å². The molecule has 54 valence electrons. The van der Waals surface area contributed by atoms with Gasteiger partial charge in [0.2, 0.25) is 0 Å². The van der Waals surface area contributed by atoms with Crippen molar-refractivity contribution in [1.29, 1.82) is 0 Å². The number of esters is 1. The minimum absolute atomic E-state index is 0.183. The van der Waals surface area contributed by atoms with Gasteiger partial charge in [-0.15, -0.1) is 0 Å². The monoisotopic (exact) mass is 141 g/mol. The van der Waals surface area contributed by atoms with E-state index in [2.05, 4.69) is 9.58 Å². The maximum atomic E-state index is 10.6. The molecule has 0 aliphatic carbocycles. The molecule has 0 saturated carbocycles. The Morgan fingerprint density at radius 2 is 2.60 bits per heavy atom. The molecular weight excluding hydrogens is 134 g/mol. The largest absolute Gasteiger partial charge is 0.454 e. The van der Waals surface area contributed by atoms with Crippen LogP contribution in [-0.4, -0.2) is 29.8 Å². The lowest BCUT2D eigenvalue weighted by atomic mass is 10.2.